The summed E-state index contributed by atoms with van der Waals surface area (Å²) in [6.07, 6.45) is 1.68. The molecule has 4 rings (SSSR count). The van der Waals surface area contributed by atoms with Crippen molar-refractivity contribution in [3.8, 4) is 11.5 Å². The number of anilines is 6. The van der Waals surface area contributed by atoms with Crippen molar-refractivity contribution in [1.29, 1.82) is 0 Å². The van der Waals surface area contributed by atoms with E-state index in [1.165, 1.54) is 0 Å². The monoisotopic (exact) mass is 435 g/mol. The molecule has 0 unspecified atom stereocenters. The zero-order chi connectivity index (χ0) is 22.5. The minimum absolute atomic E-state index is 0.423. The maximum atomic E-state index is 5.90. The standard InChI is InChI=1S/C23H29N7O2/c1-29-10-12-30(13-11-29)17-5-6-18(21(15-17)32-3)26-22-8-9-25-23(28-22)27-19-14-16(24)4-7-20(19)31-2/h4-9,14-15H,10-13,24H2,1-3H3,(H2,25,26,27,28). The Morgan fingerprint density at radius 2 is 1.66 bits per heavy atom. The summed E-state index contributed by atoms with van der Waals surface area (Å²) >= 11 is 0. The summed E-state index contributed by atoms with van der Waals surface area (Å²) in [7, 11) is 5.43. The van der Waals surface area contributed by atoms with E-state index in [1.54, 1.807) is 44.7 Å². The summed E-state index contributed by atoms with van der Waals surface area (Å²) in [6.45, 7) is 4.11. The fourth-order valence-corrected chi connectivity index (χ4v) is 3.61. The summed E-state index contributed by atoms with van der Waals surface area (Å²) in [5.74, 6) is 2.47. The maximum Gasteiger partial charge on any atom is 0.229 e. The molecular weight excluding hydrogens is 406 g/mol. The lowest BCUT2D eigenvalue weighted by atomic mass is 10.2. The van der Waals surface area contributed by atoms with Crippen molar-refractivity contribution in [2.24, 2.45) is 0 Å². The van der Waals surface area contributed by atoms with Gasteiger partial charge in [0.1, 0.15) is 17.3 Å². The fourth-order valence-electron chi connectivity index (χ4n) is 3.61. The van der Waals surface area contributed by atoms with Crippen LogP contribution in [-0.4, -0.2) is 62.3 Å². The highest BCUT2D eigenvalue weighted by molar-refractivity contribution is 5.71. The van der Waals surface area contributed by atoms with Gasteiger partial charge in [-0.1, -0.05) is 0 Å². The largest absolute Gasteiger partial charge is 0.495 e. The van der Waals surface area contributed by atoms with Gasteiger partial charge in [-0.3, -0.25) is 0 Å². The van der Waals surface area contributed by atoms with Gasteiger partial charge in [-0.05, 0) is 43.4 Å². The molecule has 0 aliphatic carbocycles. The first kappa shape index (κ1) is 21.5. The molecule has 0 spiro atoms. The van der Waals surface area contributed by atoms with Crippen molar-refractivity contribution in [3.05, 3.63) is 48.7 Å². The first-order chi connectivity index (χ1) is 15.6. The SMILES string of the molecule is COc1cc(N2CCN(C)CC2)ccc1Nc1ccnc(Nc2cc(N)ccc2OC)n1. The number of likely N-dealkylation sites (N-methyl/N-ethyl adjacent to an activating group) is 1. The van der Waals surface area contributed by atoms with Gasteiger partial charge in [-0.25, -0.2) is 4.98 Å². The number of nitrogen functional groups attached to an aromatic ring is 1. The van der Waals surface area contributed by atoms with Crippen LogP contribution in [0.3, 0.4) is 0 Å². The van der Waals surface area contributed by atoms with Crippen LogP contribution in [0.5, 0.6) is 11.5 Å². The van der Waals surface area contributed by atoms with Gasteiger partial charge in [0.05, 0.1) is 25.6 Å². The average molecular weight is 436 g/mol. The van der Waals surface area contributed by atoms with Gasteiger partial charge in [0.15, 0.2) is 0 Å². The molecule has 168 valence electrons. The Hall–Kier alpha value is -3.72. The molecule has 0 amide bonds. The number of piperazine rings is 1. The Morgan fingerprint density at radius 1 is 0.875 bits per heavy atom. The van der Waals surface area contributed by atoms with Crippen molar-refractivity contribution in [2.75, 3.05) is 68.7 Å². The second-order valence-corrected chi connectivity index (χ2v) is 7.65. The van der Waals surface area contributed by atoms with E-state index in [1.807, 2.05) is 6.07 Å². The highest BCUT2D eigenvalue weighted by Gasteiger charge is 2.16. The summed E-state index contributed by atoms with van der Waals surface area (Å²) in [5.41, 5.74) is 9.20. The Morgan fingerprint density at radius 3 is 2.41 bits per heavy atom. The third-order valence-corrected chi connectivity index (χ3v) is 5.44. The molecule has 0 saturated carbocycles. The zero-order valence-corrected chi connectivity index (χ0v) is 18.6. The van der Waals surface area contributed by atoms with Gasteiger partial charge in [0.25, 0.3) is 0 Å². The molecular formula is C23H29N7O2. The van der Waals surface area contributed by atoms with Gasteiger partial charge >= 0.3 is 0 Å². The lowest BCUT2D eigenvalue weighted by molar-refractivity contribution is 0.312. The molecule has 9 heteroatoms. The van der Waals surface area contributed by atoms with Gasteiger partial charge in [0, 0.05) is 49.8 Å². The molecule has 4 N–H and O–H groups in total. The number of methoxy groups -OCH3 is 2. The normalized spacial score (nSPS) is 14.2. The second kappa shape index (κ2) is 9.61. The maximum absolute atomic E-state index is 5.90. The third-order valence-electron chi connectivity index (χ3n) is 5.44. The topological polar surface area (TPSA) is 101 Å². The quantitative estimate of drug-likeness (QED) is 0.483. The number of hydrogen-bond acceptors (Lipinski definition) is 9. The first-order valence-electron chi connectivity index (χ1n) is 10.5. The van der Waals surface area contributed by atoms with Crippen molar-refractivity contribution in [1.82, 2.24) is 14.9 Å². The molecule has 1 aliphatic rings. The number of nitrogens with one attached hydrogen (secondary N) is 2. The summed E-state index contributed by atoms with van der Waals surface area (Å²) in [5, 5.41) is 6.49. The van der Waals surface area contributed by atoms with Crippen LogP contribution < -0.4 is 30.7 Å². The second-order valence-electron chi connectivity index (χ2n) is 7.65. The Kier molecular flexibility index (Phi) is 6.46. The molecule has 0 atom stereocenters. The van der Waals surface area contributed by atoms with Crippen LogP contribution in [0, 0.1) is 0 Å². The van der Waals surface area contributed by atoms with E-state index in [0.29, 0.717) is 28.9 Å². The van der Waals surface area contributed by atoms with Gasteiger partial charge in [-0.15, -0.1) is 0 Å². The number of rotatable bonds is 7. The summed E-state index contributed by atoms with van der Waals surface area (Å²) in [6, 6.07) is 13.3. The van der Waals surface area contributed by atoms with Gasteiger partial charge < -0.3 is 35.6 Å². The van der Waals surface area contributed by atoms with Crippen LogP contribution in [0.4, 0.5) is 34.5 Å². The Labute approximate surface area is 188 Å². The van der Waals surface area contributed by atoms with E-state index in [0.717, 1.165) is 43.3 Å². The van der Waals surface area contributed by atoms with Crippen LogP contribution in [0.1, 0.15) is 0 Å². The van der Waals surface area contributed by atoms with Crippen LogP contribution >= 0.6 is 0 Å². The number of nitrogens with zero attached hydrogens (tertiary/aromatic N) is 4. The minimum atomic E-state index is 0.423. The molecule has 2 heterocycles. The molecule has 1 fully saturated rings. The lowest BCUT2D eigenvalue weighted by Gasteiger charge is -2.34. The van der Waals surface area contributed by atoms with Crippen LogP contribution in [0.15, 0.2) is 48.7 Å². The van der Waals surface area contributed by atoms with Crippen LogP contribution in [-0.2, 0) is 0 Å². The first-order valence-corrected chi connectivity index (χ1v) is 10.5. The van der Waals surface area contributed by atoms with Crippen molar-refractivity contribution in [2.45, 2.75) is 0 Å². The number of hydrogen-bond donors (Lipinski definition) is 3. The highest BCUT2D eigenvalue weighted by atomic mass is 16.5. The Bertz CT molecular complexity index is 1070. The van der Waals surface area contributed by atoms with Crippen molar-refractivity contribution in [3.63, 3.8) is 0 Å². The van der Waals surface area contributed by atoms with Gasteiger partial charge in [-0.2, -0.15) is 4.98 Å². The number of nitrogens with two attached hydrogens (primary N) is 1. The molecule has 3 aromatic rings. The molecule has 0 radical (unpaired) electrons. The third kappa shape index (κ3) is 4.94. The van der Waals surface area contributed by atoms with E-state index < -0.39 is 0 Å². The van der Waals surface area contributed by atoms with Crippen LogP contribution in [0.25, 0.3) is 0 Å². The predicted molar refractivity (Wildman–Crippen MR) is 129 cm³/mol. The molecule has 2 aromatic carbocycles. The summed E-state index contributed by atoms with van der Waals surface area (Å²) < 4.78 is 11.0. The zero-order valence-electron chi connectivity index (χ0n) is 18.6. The van der Waals surface area contributed by atoms with E-state index >= 15 is 0 Å². The van der Waals surface area contributed by atoms with Crippen LogP contribution in [0.2, 0.25) is 0 Å². The molecule has 9 nitrogen and oxygen atoms in total. The van der Waals surface area contributed by atoms with Crippen molar-refractivity contribution >= 4 is 34.5 Å². The lowest BCUT2D eigenvalue weighted by Crippen LogP contribution is -2.44. The molecule has 1 aromatic heterocycles. The van der Waals surface area contributed by atoms with Crippen molar-refractivity contribution < 1.29 is 9.47 Å². The number of ether oxygens (including phenoxy) is 2. The highest BCUT2D eigenvalue weighted by Crippen LogP contribution is 2.33. The number of aromatic nitrogens is 2. The van der Waals surface area contributed by atoms with E-state index in [9.17, 15) is 0 Å². The smallest absolute Gasteiger partial charge is 0.229 e. The summed E-state index contributed by atoms with van der Waals surface area (Å²) in [4.78, 5) is 13.6. The molecule has 32 heavy (non-hydrogen) atoms. The average Bonchev–Trinajstić information content (AvgIpc) is 2.80. The Balaban J connectivity index is 1.51. The molecule has 1 aliphatic heterocycles. The minimum Gasteiger partial charge on any atom is -0.495 e. The van der Waals surface area contributed by atoms with Gasteiger partial charge in [0.2, 0.25) is 5.95 Å². The van der Waals surface area contributed by atoms with E-state index in [2.05, 4.69) is 49.6 Å². The van der Waals surface area contributed by atoms with E-state index in [4.69, 9.17) is 15.2 Å². The number of benzene rings is 2. The van der Waals surface area contributed by atoms with E-state index in [-0.39, 0.29) is 0 Å². The fraction of sp³-hybridized carbons (Fsp3) is 0.304. The molecule has 0 bridgehead atoms. The molecule has 1 saturated heterocycles. The predicted octanol–water partition coefficient (Wildman–Crippen LogP) is 3.32.